The second-order valence-corrected chi connectivity index (χ2v) is 4.30. The van der Waals surface area contributed by atoms with Crippen molar-refractivity contribution in [3.8, 4) is 5.75 Å². The molecule has 0 aliphatic heterocycles. The van der Waals surface area contributed by atoms with Gasteiger partial charge in [0, 0.05) is 11.3 Å². The predicted octanol–water partition coefficient (Wildman–Crippen LogP) is 2.62. The molecule has 2 aromatic rings. The second kappa shape index (κ2) is 6.06. The molecule has 0 radical (unpaired) electrons. The largest absolute Gasteiger partial charge is 0.492 e. The number of carbonyl (C=O) groups is 1. The van der Waals surface area contributed by atoms with Crippen LogP contribution in [0.25, 0.3) is 0 Å². The summed E-state index contributed by atoms with van der Waals surface area (Å²) < 4.78 is 5.34. The Hall–Kier alpha value is -2.56. The van der Waals surface area contributed by atoms with Crippen molar-refractivity contribution in [2.24, 2.45) is 0 Å². The van der Waals surface area contributed by atoms with Gasteiger partial charge in [0.1, 0.15) is 11.6 Å². The van der Waals surface area contributed by atoms with Crippen molar-refractivity contribution in [2.45, 2.75) is 13.8 Å². The number of ether oxygens (including phenoxy) is 1. The van der Waals surface area contributed by atoms with E-state index in [1.807, 2.05) is 26.0 Å². The van der Waals surface area contributed by atoms with E-state index in [0.717, 1.165) is 5.69 Å². The number of nitrogen functional groups attached to an aromatic ring is 1. The van der Waals surface area contributed by atoms with E-state index in [9.17, 15) is 4.79 Å². The lowest BCUT2D eigenvalue weighted by atomic mass is 10.1. The maximum absolute atomic E-state index is 12.1. The number of nitrogens with zero attached hydrogens (tertiary/aromatic N) is 1. The predicted molar refractivity (Wildman–Crippen MR) is 79.0 cm³/mol. The summed E-state index contributed by atoms with van der Waals surface area (Å²) in [6.07, 6.45) is 0. The first-order valence-corrected chi connectivity index (χ1v) is 6.37. The fraction of sp³-hybridized carbons (Fsp3) is 0.200. The SMILES string of the molecule is CCOc1ccc(C(=O)Nc2cccc(C)n2)cc1N. The summed E-state index contributed by atoms with van der Waals surface area (Å²) in [7, 11) is 0. The molecule has 0 saturated heterocycles. The lowest BCUT2D eigenvalue weighted by Crippen LogP contribution is -2.13. The molecule has 1 heterocycles. The van der Waals surface area contributed by atoms with Gasteiger partial charge < -0.3 is 15.8 Å². The van der Waals surface area contributed by atoms with Crippen LogP contribution in [-0.2, 0) is 0 Å². The first kappa shape index (κ1) is 13.9. The minimum atomic E-state index is -0.252. The quantitative estimate of drug-likeness (QED) is 0.838. The van der Waals surface area contributed by atoms with Crippen LogP contribution in [0.4, 0.5) is 11.5 Å². The summed E-state index contributed by atoms with van der Waals surface area (Å²) in [5, 5.41) is 2.73. The van der Waals surface area contributed by atoms with Gasteiger partial charge in [-0.2, -0.15) is 0 Å². The molecule has 5 nitrogen and oxygen atoms in total. The van der Waals surface area contributed by atoms with E-state index < -0.39 is 0 Å². The molecule has 0 fully saturated rings. The van der Waals surface area contributed by atoms with Gasteiger partial charge in [-0.3, -0.25) is 4.79 Å². The highest BCUT2D eigenvalue weighted by molar-refractivity contribution is 6.04. The zero-order valence-electron chi connectivity index (χ0n) is 11.5. The van der Waals surface area contributed by atoms with Crippen molar-refractivity contribution in [3.05, 3.63) is 47.7 Å². The Labute approximate surface area is 117 Å². The van der Waals surface area contributed by atoms with Crippen molar-refractivity contribution in [3.63, 3.8) is 0 Å². The smallest absolute Gasteiger partial charge is 0.256 e. The monoisotopic (exact) mass is 271 g/mol. The van der Waals surface area contributed by atoms with E-state index in [1.165, 1.54) is 0 Å². The number of rotatable bonds is 4. The Morgan fingerprint density at radius 3 is 2.80 bits per heavy atom. The summed E-state index contributed by atoms with van der Waals surface area (Å²) in [5.41, 5.74) is 7.59. The molecule has 0 bridgehead atoms. The number of anilines is 2. The zero-order chi connectivity index (χ0) is 14.5. The standard InChI is InChI=1S/C15H17N3O2/c1-3-20-13-8-7-11(9-12(13)16)15(19)18-14-6-4-5-10(2)17-14/h4-9H,3,16H2,1-2H3,(H,17,18,19). The van der Waals surface area contributed by atoms with Crippen LogP contribution in [-0.4, -0.2) is 17.5 Å². The first-order valence-electron chi connectivity index (χ1n) is 6.37. The molecule has 1 aromatic carbocycles. The molecular weight excluding hydrogens is 254 g/mol. The Kier molecular flexibility index (Phi) is 4.20. The number of pyridine rings is 1. The minimum absolute atomic E-state index is 0.252. The molecule has 0 aliphatic rings. The van der Waals surface area contributed by atoms with Gasteiger partial charge in [-0.1, -0.05) is 6.07 Å². The number of hydrogen-bond donors (Lipinski definition) is 2. The molecule has 0 aliphatic carbocycles. The van der Waals surface area contributed by atoms with Gasteiger partial charge in [0.05, 0.1) is 12.3 Å². The van der Waals surface area contributed by atoms with Crippen LogP contribution in [0.2, 0.25) is 0 Å². The molecule has 104 valence electrons. The minimum Gasteiger partial charge on any atom is -0.492 e. The lowest BCUT2D eigenvalue weighted by Gasteiger charge is -2.09. The third-order valence-corrected chi connectivity index (χ3v) is 2.70. The van der Waals surface area contributed by atoms with Crippen molar-refractivity contribution >= 4 is 17.4 Å². The van der Waals surface area contributed by atoms with Crippen LogP contribution in [0.1, 0.15) is 23.0 Å². The Bertz CT molecular complexity index is 626. The number of benzene rings is 1. The number of amides is 1. The average Bonchev–Trinajstić information content (AvgIpc) is 2.41. The van der Waals surface area contributed by atoms with Crippen LogP contribution >= 0.6 is 0 Å². The molecule has 2 rings (SSSR count). The van der Waals surface area contributed by atoms with Gasteiger partial charge in [-0.05, 0) is 44.2 Å². The van der Waals surface area contributed by atoms with Crippen molar-refractivity contribution in [2.75, 3.05) is 17.7 Å². The molecule has 5 heteroatoms. The molecule has 0 atom stereocenters. The van der Waals surface area contributed by atoms with Crippen molar-refractivity contribution < 1.29 is 9.53 Å². The molecule has 3 N–H and O–H groups in total. The summed E-state index contributed by atoms with van der Waals surface area (Å²) in [6, 6.07) is 10.4. The van der Waals surface area contributed by atoms with Crippen LogP contribution < -0.4 is 15.8 Å². The molecule has 1 amide bonds. The van der Waals surface area contributed by atoms with E-state index in [0.29, 0.717) is 29.4 Å². The topological polar surface area (TPSA) is 77.2 Å². The molecule has 1 aromatic heterocycles. The summed E-state index contributed by atoms with van der Waals surface area (Å²) in [5.74, 6) is 0.845. The number of hydrogen-bond acceptors (Lipinski definition) is 4. The molecule has 0 unspecified atom stereocenters. The fourth-order valence-corrected chi connectivity index (χ4v) is 1.78. The van der Waals surface area contributed by atoms with Gasteiger partial charge in [0.25, 0.3) is 5.91 Å². The van der Waals surface area contributed by atoms with Crippen LogP contribution in [0.15, 0.2) is 36.4 Å². The van der Waals surface area contributed by atoms with Crippen LogP contribution in [0.3, 0.4) is 0 Å². The Morgan fingerprint density at radius 1 is 1.35 bits per heavy atom. The molecule has 20 heavy (non-hydrogen) atoms. The fourth-order valence-electron chi connectivity index (χ4n) is 1.78. The summed E-state index contributed by atoms with van der Waals surface area (Å²) in [4.78, 5) is 16.3. The van der Waals surface area contributed by atoms with E-state index in [4.69, 9.17) is 10.5 Å². The Morgan fingerprint density at radius 2 is 2.15 bits per heavy atom. The van der Waals surface area contributed by atoms with Crippen LogP contribution in [0, 0.1) is 6.92 Å². The molecule has 0 spiro atoms. The third kappa shape index (κ3) is 3.26. The van der Waals surface area contributed by atoms with Gasteiger partial charge in [0.2, 0.25) is 0 Å². The Balaban J connectivity index is 2.15. The highest BCUT2D eigenvalue weighted by Gasteiger charge is 2.09. The number of nitrogens with one attached hydrogen (secondary N) is 1. The molecular formula is C15H17N3O2. The number of nitrogens with two attached hydrogens (primary N) is 1. The number of aromatic nitrogens is 1. The van der Waals surface area contributed by atoms with E-state index in [1.54, 1.807) is 24.3 Å². The van der Waals surface area contributed by atoms with Gasteiger partial charge in [-0.25, -0.2) is 4.98 Å². The zero-order valence-corrected chi connectivity index (χ0v) is 11.5. The van der Waals surface area contributed by atoms with E-state index >= 15 is 0 Å². The van der Waals surface area contributed by atoms with Crippen molar-refractivity contribution in [1.82, 2.24) is 4.98 Å². The third-order valence-electron chi connectivity index (χ3n) is 2.70. The average molecular weight is 271 g/mol. The highest BCUT2D eigenvalue weighted by atomic mass is 16.5. The van der Waals surface area contributed by atoms with E-state index in [2.05, 4.69) is 10.3 Å². The van der Waals surface area contributed by atoms with Gasteiger partial charge >= 0.3 is 0 Å². The normalized spacial score (nSPS) is 10.1. The number of aryl methyl sites for hydroxylation is 1. The maximum Gasteiger partial charge on any atom is 0.256 e. The first-order chi connectivity index (χ1) is 9.60. The molecule has 0 saturated carbocycles. The highest BCUT2D eigenvalue weighted by Crippen LogP contribution is 2.22. The summed E-state index contributed by atoms with van der Waals surface area (Å²) in [6.45, 7) is 4.27. The van der Waals surface area contributed by atoms with Crippen molar-refractivity contribution in [1.29, 1.82) is 0 Å². The second-order valence-electron chi connectivity index (χ2n) is 4.30. The summed E-state index contributed by atoms with van der Waals surface area (Å²) >= 11 is 0. The van der Waals surface area contributed by atoms with E-state index in [-0.39, 0.29) is 5.91 Å². The van der Waals surface area contributed by atoms with Gasteiger partial charge in [-0.15, -0.1) is 0 Å². The van der Waals surface area contributed by atoms with Gasteiger partial charge in [0.15, 0.2) is 0 Å². The van der Waals surface area contributed by atoms with Crippen LogP contribution in [0.5, 0.6) is 5.75 Å². The maximum atomic E-state index is 12.1. The lowest BCUT2D eigenvalue weighted by molar-refractivity contribution is 0.102. The number of carbonyl (C=O) groups excluding carboxylic acids is 1.